The fraction of sp³-hybridized carbons (Fsp3) is 0.412. The number of carbonyl (C=O) groups excluding carboxylic acids is 1. The molecule has 2 aromatic rings. The Morgan fingerprint density at radius 3 is 2.87 bits per heavy atom. The summed E-state index contributed by atoms with van der Waals surface area (Å²) in [6.45, 7) is 0. The number of aryl methyl sites for hydroxylation is 1. The number of nitrogens with zero attached hydrogens (tertiary/aromatic N) is 2. The second kappa shape index (κ2) is 6.29. The van der Waals surface area contributed by atoms with Crippen LogP contribution in [-0.4, -0.2) is 37.3 Å². The second-order valence-electron chi connectivity index (χ2n) is 5.85. The van der Waals surface area contributed by atoms with Crippen molar-refractivity contribution in [3.63, 3.8) is 0 Å². The van der Waals surface area contributed by atoms with Crippen molar-refractivity contribution in [2.45, 2.75) is 25.4 Å². The molecule has 1 aromatic carbocycles. The molecule has 0 amide bonds. The summed E-state index contributed by atoms with van der Waals surface area (Å²) in [4.78, 5) is 19.7. The molecular formula is C17H20N2O3S. The average Bonchev–Trinajstić information content (AvgIpc) is 2.99. The number of hydrogen-bond donors (Lipinski definition) is 1. The summed E-state index contributed by atoms with van der Waals surface area (Å²) >= 11 is 1.47. The molecule has 0 spiro atoms. The van der Waals surface area contributed by atoms with Crippen LogP contribution in [0.3, 0.4) is 0 Å². The van der Waals surface area contributed by atoms with Gasteiger partial charge in [-0.3, -0.25) is 0 Å². The Kier molecular flexibility index (Phi) is 4.37. The Hall–Kier alpha value is -1.92. The van der Waals surface area contributed by atoms with Crippen LogP contribution < -0.4 is 4.90 Å². The van der Waals surface area contributed by atoms with Crippen LogP contribution in [0.2, 0.25) is 0 Å². The van der Waals surface area contributed by atoms with E-state index in [0.29, 0.717) is 5.56 Å². The zero-order valence-corrected chi connectivity index (χ0v) is 14.3. The van der Waals surface area contributed by atoms with E-state index in [0.717, 1.165) is 46.1 Å². The number of thiazole rings is 1. The number of benzene rings is 1. The van der Waals surface area contributed by atoms with Gasteiger partial charge in [-0.15, -0.1) is 11.3 Å². The number of aromatic nitrogens is 1. The molecule has 0 saturated heterocycles. The number of hydrogen-bond acceptors (Lipinski definition) is 6. The standard InChI is InChI=1S/C17H20N2O3S/c1-19(2)10-7-8-11(12(9-10)17(21)22-3)16-18-13-5-4-6-14(20)15(13)23-16/h7-9,14,20H,4-6H2,1-3H3/t14-/m1/s1. The van der Waals surface area contributed by atoms with E-state index >= 15 is 0 Å². The van der Waals surface area contributed by atoms with Crippen LogP contribution in [0.25, 0.3) is 10.6 Å². The van der Waals surface area contributed by atoms with E-state index in [1.54, 1.807) is 0 Å². The van der Waals surface area contributed by atoms with Crippen LogP contribution in [0.1, 0.15) is 39.9 Å². The maximum Gasteiger partial charge on any atom is 0.338 e. The first-order chi connectivity index (χ1) is 11.0. The largest absolute Gasteiger partial charge is 0.465 e. The van der Waals surface area contributed by atoms with E-state index < -0.39 is 6.10 Å². The minimum Gasteiger partial charge on any atom is -0.465 e. The second-order valence-corrected chi connectivity index (χ2v) is 6.88. The van der Waals surface area contributed by atoms with Gasteiger partial charge in [-0.05, 0) is 37.5 Å². The fourth-order valence-electron chi connectivity index (χ4n) is 2.79. The number of fused-ring (bicyclic) bond motifs is 1. The SMILES string of the molecule is COC(=O)c1cc(N(C)C)ccc1-c1nc2c(s1)[C@H](O)CCC2. The topological polar surface area (TPSA) is 62.7 Å². The third-order valence-electron chi connectivity index (χ3n) is 4.08. The van der Waals surface area contributed by atoms with Crippen LogP contribution >= 0.6 is 11.3 Å². The van der Waals surface area contributed by atoms with Gasteiger partial charge in [0.2, 0.25) is 0 Å². The Morgan fingerprint density at radius 1 is 1.43 bits per heavy atom. The molecule has 5 nitrogen and oxygen atoms in total. The average molecular weight is 332 g/mol. The summed E-state index contributed by atoms with van der Waals surface area (Å²) in [5, 5.41) is 10.9. The number of ether oxygens (including phenoxy) is 1. The van der Waals surface area contributed by atoms with Crippen molar-refractivity contribution >= 4 is 23.0 Å². The molecule has 0 aliphatic heterocycles. The lowest BCUT2D eigenvalue weighted by Crippen LogP contribution is -2.11. The molecule has 122 valence electrons. The first kappa shape index (κ1) is 16.0. The molecule has 0 fully saturated rings. The number of aliphatic hydroxyl groups is 1. The smallest absolute Gasteiger partial charge is 0.338 e. The summed E-state index contributed by atoms with van der Waals surface area (Å²) in [5.41, 5.74) is 3.14. The molecule has 1 atom stereocenters. The van der Waals surface area contributed by atoms with E-state index in [1.807, 2.05) is 37.2 Å². The quantitative estimate of drug-likeness (QED) is 0.875. The van der Waals surface area contributed by atoms with Gasteiger partial charge in [0.05, 0.1) is 29.3 Å². The van der Waals surface area contributed by atoms with Crippen molar-refractivity contribution in [2.24, 2.45) is 0 Å². The van der Waals surface area contributed by atoms with E-state index in [2.05, 4.69) is 4.98 Å². The molecule has 0 radical (unpaired) electrons. The van der Waals surface area contributed by atoms with Gasteiger partial charge in [0.25, 0.3) is 0 Å². The fourth-order valence-corrected chi connectivity index (χ4v) is 3.96. The normalized spacial score (nSPS) is 16.8. The number of rotatable bonds is 3. The van der Waals surface area contributed by atoms with Gasteiger partial charge in [-0.25, -0.2) is 9.78 Å². The van der Waals surface area contributed by atoms with Gasteiger partial charge >= 0.3 is 5.97 Å². The molecule has 3 rings (SSSR count). The zero-order valence-electron chi connectivity index (χ0n) is 13.5. The first-order valence-corrected chi connectivity index (χ1v) is 8.40. The van der Waals surface area contributed by atoms with E-state index in [-0.39, 0.29) is 5.97 Å². The highest BCUT2D eigenvalue weighted by Crippen LogP contribution is 2.39. The van der Waals surface area contributed by atoms with Crippen molar-refractivity contribution in [1.82, 2.24) is 4.98 Å². The number of esters is 1. The molecule has 1 N–H and O–H groups in total. The summed E-state index contributed by atoms with van der Waals surface area (Å²) in [5.74, 6) is -0.377. The molecule has 6 heteroatoms. The Labute approximate surface area is 139 Å². The van der Waals surface area contributed by atoms with E-state index in [9.17, 15) is 9.90 Å². The summed E-state index contributed by atoms with van der Waals surface area (Å²) < 4.78 is 4.93. The molecule has 1 aromatic heterocycles. The van der Waals surface area contributed by atoms with Crippen molar-refractivity contribution in [3.05, 3.63) is 34.3 Å². The number of methoxy groups -OCH3 is 1. The molecule has 0 bridgehead atoms. The van der Waals surface area contributed by atoms with Crippen molar-refractivity contribution < 1.29 is 14.6 Å². The molecule has 1 aliphatic rings. The van der Waals surface area contributed by atoms with Gasteiger partial charge in [0, 0.05) is 25.3 Å². The van der Waals surface area contributed by atoms with Crippen LogP contribution in [0.15, 0.2) is 18.2 Å². The Bertz CT molecular complexity index is 739. The third kappa shape index (κ3) is 2.96. The predicted octanol–water partition coefficient (Wildman–Crippen LogP) is 3.03. The van der Waals surface area contributed by atoms with Crippen molar-refractivity contribution in [3.8, 4) is 10.6 Å². The van der Waals surface area contributed by atoms with Gasteiger partial charge in [-0.2, -0.15) is 0 Å². The lowest BCUT2D eigenvalue weighted by molar-refractivity contribution is 0.0601. The van der Waals surface area contributed by atoms with Gasteiger partial charge < -0.3 is 14.7 Å². The van der Waals surface area contributed by atoms with Crippen LogP contribution in [-0.2, 0) is 11.2 Å². The third-order valence-corrected chi connectivity index (χ3v) is 5.31. The molecule has 0 saturated carbocycles. The monoisotopic (exact) mass is 332 g/mol. The van der Waals surface area contributed by atoms with Gasteiger partial charge in [-0.1, -0.05) is 0 Å². The highest BCUT2D eigenvalue weighted by Gasteiger charge is 2.25. The van der Waals surface area contributed by atoms with Crippen molar-refractivity contribution in [2.75, 3.05) is 26.1 Å². The van der Waals surface area contributed by atoms with E-state index in [1.165, 1.54) is 18.4 Å². The van der Waals surface area contributed by atoms with Crippen molar-refractivity contribution in [1.29, 1.82) is 0 Å². The highest BCUT2D eigenvalue weighted by molar-refractivity contribution is 7.15. The summed E-state index contributed by atoms with van der Waals surface area (Å²) in [7, 11) is 5.23. The zero-order chi connectivity index (χ0) is 16.6. The number of carbonyl (C=O) groups is 1. The van der Waals surface area contributed by atoms with Crippen LogP contribution in [0, 0.1) is 0 Å². The first-order valence-electron chi connectivity index (χ1n) is 7.59. The number of anilines is 1. The molecule has 23 heavy (non-hydrogen) atoms. The minimum absolute atomic E-state index is 0.377. The molecule has 1 heterocycles. The van der Waals surface area contributed by atoms with Gasteiger partial charge in [0.15, 0.2) is 0 Å². The molecule has 0 unspecified atom stereocenters. The molecular weight excluding hydrogens is 312 g/mol. The van der Waals surface area contributed by atoms with Gasteiger partial charge in [0.1, 0.15) is 5.01 Å². The predicted molar refractivity (Wildman–Crippen MR) is 91.1 cm³/mol. The number of aliphatic hydroxyl groups excluding tert-OH is 1. The highest BCUT2D eigenvalue weighted by atomic mass is 32.1. The van der Waals surface area contributed by atoms with E-state index in [4.69, 9.17) is 4.74 Å². The minimum atomic E-state index is -0.437. The maximum absolute atomic E-state index is 12.2. The Balaban J connectivity index is 2.10. The lowest BCUT2D eigenvalue weighted by atomic mass is 10.0. The van der Waals surface area contributed by atoms with Crippen LogP contribution in [0.5, 0.6) is 0 Å². The van der Waals surface area contributed by atoms with Crippen LogP contribution in [0.4, 0.5) is 5.69 Å². The summed E-state index contributed by atoms with van der Waals surface area (Å²) in [6.07, 6.45) is 2.16. The summed E-state index contributed by atoms with van der Waals surface area (Å²) in [6, 6.07) is 5.68. The Morgan fingerprint density at radius 2 is 2.22 bits per heavy atom. The maximum atomic E-state index is 12.2. The molecule has 1 aliphatic carbocycles. The lowest BCUT2D eigenvalue weighted by Gasteiger charge is -2.15.